The first-order valence-electron chi connectivity index (χ1n) is 8.45. The molecule has 3 heterocycles. The molecule has 1 unspecified atom stereocenters. The Morgan fingerprint density at radius 3 is 3.00 bits per heavy atom. The van der Waals surface area contributed by atoms with Crippen molar-refractivity contribution in [2.24, 2.45) is 4.99 Å². The smallest absolute Gasteiger partial charge is 0.185 e. The highest BCUT2D eigenvalue weighted by Gasteiger charge is 2.22. The number of anilines is 1. The number of rotatable bonds is 3. The molecule has 2 aromatic rings. The van der Waals surface area contributed by atoms with Crippen LogP contribution < -0.4 is 4.90 Å². The van der Waals surface area contributed by atoms with E-state index < -0.39 is 0 Å². The Kier molecular flexibility index (Phi) is 4.08. The highest BCUT2D eigenvalue weighted by atomic mass is 16.5. The minimum atomic E-state index is 0.570. The summed E-state index contributed by atoms with van der Waals surface area (Å²) in [5.41, 5.74) is 2.12. The zero-order valence-electron chi connectivity index (χ0n) is 14.2. The number of aliphatic imine (C=N–C) groups is 1. The third-order valence-electron chi connectivity index (χ3n) is 4.83. The largest absolute Gasteiger partial charge is 0.354 e. The molecule has 1 aromatic carbocycles. The molecule has 0 bridgehead atoms. The molecule has 126 valence electrons. The molecule has 0 saturated carbocycles. The fourth-order valence-corrected chi connectivity index (χ4v) is 3.45. The second kappa shape index (κ2) is 6.37. The Morgan fingerprint density at radius 2 is 2.21 bits per heavy atom. The van der Waals surface area contributed by atoms with E-state index in [1.165, 1.54) is 5.56 Å². The lowest BCUT2D eigenvalue weighted by Gasteiger charge is -2.38. The molecule has 24 heavy (non-hydrogen) atoms. The van der Waals surface area contributed by atoms with Crippen LogP contribution in [0.3, 0.4) is 0 Å². The molecule has 0 radical (unpaired) electrons. The van der Waals surface area contributed by atoms with Crippen LogP contribution in [-0.4, -0.2) is 60.6 Å². The minimum absolute atomic E-state index is 0.570. The van der Waals surface area contributed by atoms with Crippen molar-refractivity contribution in [2.75, 3.05) is 38.3 Å². The molecule has 0 spiro atoms. The van der Waals surface area contributed by atoms with Gasteiger partial charge in [-0.25, -0.2) is 0 Å². The standard InChI is InChI=1S/C18H23N5O/c1-14-11-21(2)8-9-22(14)12-15-4-5-17-16(10-15)18(20-24-17)23-7-3-6-19-13-23/h3-7,10,14H,8-9,11-13H2,1-2H3. The third-order valence-corrected chi connectivity index (χ3v) is 4.83. The lowest BCUT2D eigenvalue weighted by molar-refractivity contribution is 0.0939. The summed E-state index contributed by atoms with van der Waals surface area (Å²) in [4.78, 5) is 11.2. The molecule has 1 saturated heterocycles. The van der Waals surface area contributed by atoms with Crippen molar-refractivity contribution in [1.82, 2.24) is 15.0 Å². The first-order chi connectivity index (χ1) is 11.7. The van der Waals surface area contributed by atoms with Gasteiger partial charge < -0.3 is 14.3 Å². The molecule has 6 heteroatoms. The molecule has 2 aliphatic rings. The zero-order valence-corrected chi connectivity index (χ0v) is 14.2. The Hall–Kier alpha value is -2.18. The molecule has 1 aromatic heterocycles. The summed E-state index contributed by atoms with van der Waals surface area (Å²) >= 11 is 0. The Balaban J connectivity index is 1.58. The first kappa shape index (κ1) is 15.4. The van der Waals surface area contributed by atoms with E-state index in [1.807, 2.05) is 23.2 Å². The van der Waals surface area contributed by atoms with Crippen molar-refractivity contribution >= 4 is 23.0 Å². The summed E-state index contributed by atoms with van der Waals surface area (Å²) < 4.78 is 5.48. The van der Waals surface area contributed by atoms with E-state index in [2.05, 4.69) is 46.1 Å². The molecule has 2 aliphatic heterocycles. The van der Waals surface area contributed by atoms with Crippen LogP contribution in [0.4, 0.5) is 5.82 Å². The van der Waals surface area contributed by atoms with Crippen LogP contribution in [-0.2, 0) is 6.54 Å². The van der Waals surface area contributed by atoms with Gasteiger partial charge in [0.05, 0.1) is 5.39 Å². The molecule has 1 atom stereocenters. The fourth-order valence-electron chi connectivity index (χ4n) is 3.45. The summed E-state index contributed by atoms with van der Waals surface area (Å²) in [6, 6.07) is 6.95. The molecular formula is C18H23N5O. The van der Waals surface area contributed by atoms with Gasteiger partial charge in [0.1, 0.15) is 6.67 Å². The van der Waals surface area contributed by atoms with E-state index in [9.17, 15) is 0 Å². The van der Waals surface area contributed by atoms with Crippen molar-refractivity contribution < 1.29 is 4.52 Å². The maximum Gasteiger partial charge on any atom is 0.185 e. The molecule has 0 aliphatic carbocycles. The topological polar surface area (TPSA) is 48.1 Å². The van der Waals surface area contributed by atoms with Gasteiger partial charge in [-0.1, -0.05) is 11.2 Å². The van der Waals surface area contributed by atoms with Crippen molar-refractivity contribution in [3.63, 3.8) is 0 Å². The second-order valence-corrected chi connectivity index (χ2v) is 6.70. The van der Waals surface area contributed by atoms with Gasteiger partial charge in [0, 0.05) is 44.6 Å². The van der Waals surface area contributed by atoms with Crippen LogP contribution in [0.15, 0.2) is 40.0 Å². The van der Waals surface area contributed by atoms with Gasteiger partial charge in [-0.2, -0.15) is 0 Å². The van der Waals surface area contributed by atoms with E-state index in [0.717, 1.165) is 43.0 Å². The maximum atomic E-state index is 5.48. The van der Waals surface area contributed by atoms with Crippen molar-refractivity contribution in [2.45, 2.75) is 19.5 Å². The number of fused-ring (bicyclic) bond motifs is 1. The molecular weight excluding hydrogens is 302 g/mol. The normalized spacial score (nSPS) is 22.6. The average molecular weight is 325 g/mol. The van der Waals surface area contributed by atoms with Crippen LogP contribution in [0.5, 0.6) is 0 Å². The quantitative estimate of drug-likeness (QED) is 0.867. The van der Waals surface area contributed by atoms with Crippen LogP contribution in [0, 0.1) is 0 Å². The first-order valence-corrected chi connectivity index (χ1v) is 8.45. The fraction of sp³-hybridized carbons (Fsp3) is 0.444. The SMILES string of the molecule is CC1CN(C)CCN1Cc1ccc2onc(N3C=CC=NC3)c2c1. The number of aromatic nitrogens is 1. The van der Waals surface area contributed by atoms with Crippen molar-refractivity contribution in [3.8, 4) is 0 Å². The van der Waals surface area contributed by atoms with Gasteiger partial charge in [-0.05, 0) is 37.7 Å². The molecule has 1 fully saturated rings. The Bertz CT molecular complexity index is 781. The number of hydrogen-bond acceptors (Lipinski definition) is 6. The maximum absolute atomic E-state index is 5.48. The third kappa shape index (κ3) is 2.95. The number of hydrogen-bond donors (Lipinski definition) is 0. The Morgan fingerprint density at radius 1 is 1.29 bits per heavy atom. The summed E-state index contributed by atoms with van der Waals surface area (Å²) in [6.45, 7) is 7.20. The number of piperazine rings is 1. The average Bonchev–Trinajstić information content (AvgIpc) is 3.01. The Labute approximate surface area is 142 Å². The van der Waals surface area contributed by atoms with E-state index in [1.54, 1.807) is 6.21 Å². The molecule has 0 N–H and O–H groups in total. The highest BCUT2D eigenvalue weighted by molar-refractivity contribution is 5.90. The predicted octanol–water partition coefficient (Wildman–Crippen LogP) is 2.33. The van der Waals surface area contributed by atoms with Gasteiger partial charge in [0.15, 0.2) is 11.4 Å². The van der Waals surface area contributed by atoms with E-state index in [-0.39, 0.29) is 0 Å². The number of benzene rings is 1. The summed E-state index contributed by atoms with van der Waals surface area (Å²) in [7, 11) is 2.19. The van der Waals surface area contributed by atoms with Gasteiger partial charge in [0.2, 0.25) is 0 Å². The predicted molar refractivity (Wildman–Crippen MR) is 96.4 cm³/mol. The van der Waals surface area contributed by atoms with Crippen LogP contribution >= 0.6 is 0 Å². The number of allylic oxidation sites excluding steroid dienone is 1. The van der Waals surface area contributed by atoms with Gasteiger partial charge >= 0.3 is 0 Å². The van der Waals surface area contributed by atoms with Crippen LogP contribution in [0.2, 0.25) is 0 Å². The van der Waals surface area contributed by atoms with Crippen LogP contribution in [0.25, 0.3) is 11.0 Å². The lowest BCUT2D eigenvalue weighted by Crippen LogP contribution is -2.49. The second-order valence-electron chi connectivity index (χ2n) is 6.70. The van der Waals surface area contributed by atoms with E-state index in [4.69, 9.17) is 4.52 Å². The van der Waals surface area contributed by atoms with Crippen LogP contribution in [0.1, 0.15) is 12.5 Å². The van der Waals surface area contributed by atoms with E-state index in [0.29, 0.717) is 12.7 Å². The highest BCUT2D eigenvalue weighted by Crippen LogP contribution is 2.28. The summed E-state index contributed by atoms with van der Waals surface area (Å²) in [6.07, 6.45) is 5.71. The lowest BCUT2D eigenvalue weighted by atomic mass is 10.1. The zero-order chi connectivity index (χ0) is 16.5. The minimum Gasteiger partial charge on any atom is -0.354 e. The number of nitrogens with zero attached hydrogens (tertiary/aromatic N) is 5. The summed E-state index contributed by atoms with van der Waals surface area (Å²) in [5, 5.41) is 5.29. The van der Waals surface area contributed by atoms with Crippen molar-refractivity contribution in [3.05, 3.63) is 36.0 Å². The molecule has 6 nitrogen and oxygen atoms in total. The molecule has 0 amide bonds. The summed E-state index contributed by atoms with van der Waals surface area (Å²) in [5.74, 6) is 0.839. The van der Waals surface area contributed by atoms with Gasteiger partial charge in [-0.15, -0.1) is 0 Å². The molecule has 4 rings (SSSR count). The van der Waals surface area contributed by atoms with Gasteiger partial charge in [-0.3, -0.25) is 9.89 Å². The van der Waals surface area contributed by atoms with Gasteiger partial charge in [0.25, 0.3) is 0 Å². The monoisotopic (exact) mass is 325 g/mol. The van der Waals surface area contributed by atoms with Crippen molar-refractivity contribution in [1.29, 1.82) is 0 Å². The van der Waals surface area contributed by atoms with E-state index >= 15 is 0 Å². The number of likely N-dealkylation sites (N-methyl/N-ethyl adjacent to an activating group) is 1.